The Morgan fingerprint density at radius 3 is 2.61 bits per heavy atom. The average molecular weight is 546 g/mol. The average Bonchev–Trinajstić information content (AvgIpc) is 3.39. The molecule has 7 nitrogen and oxygen atoms in total. The number of rotatable bonds is 7. The number of carbonyl (C=O) groups excluding carboxylic acids is 1. The molecule has 4 aromatic rings. The number of aryl methyl sites for hydroxylation is 1. The summed E-state index contributed by atoms with van der Waals surface area (Å²) in [6.07, 6.45) is 2.02. The predicted molar refractivity (Wildman–Crippen MR) is 154 cm³/mol. The van der Waals surface area contributed by atoms with E-state index in [2.05, 4.69) is 26.6 Å². The minimum Gasteiger partial charge on any atom is -0.506 e. The summed E-state index contributed by atoms with van der Waals surface area (Å²) >= 11 is 12.1. The van der Waals surface area contributed by atoms with Crippen LogP contribution in [-0.2, 0) is 4.79 Å². The van der Waals surface area contributed by atoms with Gasteiger partial charge in [-0.1, -0.05) is 35.9 Å². The Bertz CT molecular complexity index is 1480. The second kappa shape index (κ2) is 10.8. The lowest BCUT2D eigenvalue weighted by Gasteiger charge is -2.28. The zero-order valence-corrected chi connectivity index (χ0v) is 22.6. The minimum atomic E-state index is -0.220. The van der Waals surface area contributed by atoms with Crippen LogP contribution in [0, 0.1) is 13.8 Å². The number of phenols is 1. The molecule has 0 aliphatic carbocycles. The van der Waals surface area contributed by atoms with Crippen LogP contribution in [0.15, 0.2) is 79.0 Å². The topological polar surface area (TPSA) is 82.4 Å². The van der Waals surface area contributed by atoms with Gasteiger partial charge in [0.05, 0.1) is 23.5 Å². The molecule has 3 N–H and O–H groups in total. The van der Waals surface area contributed by atoms with E-state index in [0.717, 1.165) is 28.3 Å². The van der Waals surface area contributed by atoms with Gasteiger partial charge in [0.2, 0.25) is 5.91 Å². The lowest BCUT2D eigenvalue weighted by atomic mass is 9.96. The van der Waals surface area contributed by atoms with Crippen LogP contribution >= 0.6 is 23.8 Å². The van der Waals surface area contributed by atoms with E-state index < -0.39 is 0 Å². The number of hydrogen-bond donors (Lipinski definition) is 3. The van der Waals surface area contributed by atoms with Crippen molar-refractivity contribution in [2.45, 2.75) is 32.4 Å². The summed E-state index contributed by atoms with van der Waals surface area (Å²) in [4.78, 5) is 19.5. The minimum absolute atomic E-state index is 0.0895. The van der Waals surface area contributed by atoms with Crippen LogP contribution in [0.25, 0.3) is 5.69 Å². The highest BCUT2D eigenvalue weighted by Gasteiger charge is 2.41. The largest absolute Gasteiger partial charge is 0.506 e. The Morgan fingerprint density at radius 2 is 1.87 bits per heavy atom. The first-order valence-corrected chi connectivity index (χ1v) is 13.1. The number of phenolic OH excluding ortho intramolecular Hbond substituents is 1. The molecule has 2 atom stereocenters. The molecule has 2 aromatic carbocycles. The van der Waals surface area contributed by atoms with Crippen molar-refractivity contribution in [2.24, 2.45) is 0 Å². The quantitative estimate of drug-likeness (QED) is 0.253. The maximum Gasteiger partial charge on any atom is 0.226 e. The zero-order chi connectivity index (χ0) is 26.8. The van der Waals surface area contributed by atoms with E-state index in [1.54, 1.807) is 24.4 Å². The third-order valence-electron chi connectivity index (χ3n) is 6.80. The van der Waals surface area contributed by atoms with E-state index in [1.165, 1.54) is 0 Å². The first-order valence-electron chi connectivity index (χ1n) is 12.3. The molecule has 1 amide bonds. The van der Waals surface area contributed by atoms with Crippen molar-refractivity contribution in [3.8, 4) is 11.4 Å². The molecule has 3 heterocycles. The maximum atomic E-state index is 12.8. The van der Waals surface area contributed by atoms with E-state index in [1.807, 2.05) is 66.9 Å². The van der Waals surface area contributed by atoms with Crippen molar-refractivity contribution in [3.63, 3.8) is 0 Å². The number of aromatic nitrogens is 2. The molecule has 5 rings (SSSR count). The van der Waals surface area contributed by atoms with Crippen LogP contribution in [0.3, 0.4) is 0 Å². The van der Waals surface area contributed by atoms with Gasteiger partial charge in [-0.05, 0) is 80.2 Å². The lowest BCUT2D eigenvalue weighted by molar-refractivity contribution is -0.116. The van der Waals surface area contributed by atoms with E-state index in [-0.39, 0.29) is 30.2 Å². The highest BCUT2D eigenvalue weighted by molar-refractivity contribution is 7.80. The molecular weight excluding hydrogens is 518 g/mol. The monoisotopic (exact) mass is 545 g/mol. The Morgan fingerprint density at radius 1 is 1.11 bits per heavy atom. The number of aromatic hydroxyl groups is 1. The van der Waals surface area contributed by atoms with Crippen molar-refractivity contribution in [1.82, 2.24) is 19.8 Å². The number of carbonyl (C=O) groups is 1. The molecule has 0 spiro atoms. The molecule has 0 unspecified atom stereocenters. The highest BCUT2D eigenvalue weighted by Crippen LogP contribution is 2.42. The normalized spacial score (nSPS) is 16.9. The van der Waals surface area contributed by atoms with Crippen molar-refractivity contribution in [3.05, 3.63) is 107 Å². The number of hydrogen-bond acceptors (Lipinski definition) is 4. The molecule has 0 radical (unpaired) electrons. The van der Waals surface area contributed by atoms with Crippen LogP contribution < -0.4 is 10.6 Å². The van der Waals surface area contributed by atoms with Crippen LogP contribution in [0.4, 0.5) is 5.69 Å². The summed E-state index contributed by atoms with van der Waals surface area (Å²) in [5.74, 6) is 0.0480. The number of nitrogens with zero attached hydrogens (tertiary/aromatic N) is 3. The Kier molecular flexibility index (Phi) is 7.35. The van der Waals surface area contributed by atoms with E-state index in [9.17, 15) is 9.90 Å². The van der Waals surface area contributed by atoms with Crippen molar-refractivity contribution in [1.29, 1.82) is 0 Å². The Hall–Kier alpha value is -3.88. The van der Waals surface area contributed by atoms with Gasteiger partial charge in [-0.25, -0.2) is 0 Å². The van der Waals surface area contributed by atoms with E-state index in [4.69, 9.17) is 23.8 Å². The molecule has 9 heteroatoms. The molecule has 0 bridgehead atoms. The molecule has 1 aliphatic heterocycles. The van der Waals surface area contributed by atoms with Gasteiger partial charge >= 0.3 is 0 Å². The SMILES string of the molecule is Cc1cc([C@@H]2[C@H](c3ccccn3)NC(=S)N2CCC(=O)Nc2ccccc2)c(C)n1-c1cc(Cl)ccc1O. The van der Waals surface area contributed by atoms with Gasteiger partial charge in [0.1, 0.15) is 5.75 Å². The predicted octanol–water partition coefficient (Wildman–Crippen LogP) is 5.85. The summed E-state index contributed by atoms with van der Waals surface area (Å²) < 4.78 is 1.99. The van der Waals surface area contributed by atoms with Crippen LogP contribution in [0.1, 0.15) is 41.1 Å². The Balaban J connectivity index is 1.50. The molecule has 1 aliphatic rings. The molecule has 0 saturated carbocycles. The zero-order valence-electron chi connectivity index (χ0n) is 21.1. The summed E-state index contributed by atoms with van der Waals surface area (Å²) in [5, 5.41) is 18.1. The molecule has 1 fully saturated rings. The molecular formula is C29H28ClN5O2S. The van der Waals surface area contributed by atoms with Crippen molar-refractivity contribution >= 4 is 40.5 Å². The van der Waals surface area contributed by atoms with Gasteiger partial charge in [-0.15, -0.1) is 0 Å². The third kappa shape index (κ3) is 5.10. The van der Waals surface area contributed by atoms with Gasteiger partial charge in [0, 0.05) is 41.3 Å². The standard InChI is InChI=1S/C29H28ClN5O2S/c1-18-16-22(19(2)35(18)24-17-20(30)11-12-25(24)36)28-27(23-10-6-7-14-31-23)33-29(38)34(28)15-13-26(37)32-21-8-4-3-5-9-21/h3-12,14,16-17,27-28,36H,13,15H2,1-2H3,(H,32,37)(H,33,38)/t27-,28+/m0/s1. The van der Waals surface area contributed by atoms with Gasteiger partial charge in [0.15, 0.2) is 5.11 Å². The molecule has 194 valence electrons. The molecule has 1 saturated heterocycles. The number of para-hydroxylation sites is 1. The van der Waals surface area contributed by atoms with Crippen LogP contribution in [-0.4, -0.2) is 37.1 Å². The van der Waals surface area contributed by atoms with Gasteiger partial charge in [0.25, 0.3) is 0 Å². The number of amides is 1. The smallest absolute Gasteiger partial charge is 0.226 e. The first-order chi connectivity index (χ1) is 18.3. The summed E-state index contributed by atoms with van der Waals surface area (Å²) in [6.45, 7) is 4.43. The van der Waals surface area contributed by atoms with Gasteiger partial charge < -0.3 is 25.2 Å². The number of nitrogens with one attached hydrogen (secondary N) is 2. The molecule has 38 heavy (non-hydrogen) atoms. The van der Waals surface area contributed by atoms with Crippen LogP contribution in [0.2, 0.25) is 5.02 Å². The number of pyridine rings is 1. The number of benzene rings is 2. The fraction of sp³-hybridized carbons (Fsp3) is 0.207. The fourth-order valence-corrected chi connectivity index (χ4v) is 5.58. The van der Waals surface area contributed by atoms with Crippen molar-refractivity contribution < 1.29 is 9.90 Å². The van der Waals surface area contributed by atoms with Crippen LogP contribution in [0.5, 0.6) is 5.75 Å². The van der Waals surface area contributed by atoms with E-state index >= 15 is 0 Å². The summed E-state index contributed by atoms with van der Waals surface area (Å²) in [5.41, 5.74) is 5.12. The first kappa shape index (κ1) is 25.8. The van der Waals surface area contributed by atoms with E-state index in [0.29, 0.717) is 22.4 Å². The number of thiocarbonyl (C=S) groups is 1. The number of anilines is 1. The number of halogens is 1. The second-order valence-corrected chi connectivity index (χ2v) is 10.1. The van der Waals surface area contributed by atoms with Gasteiger partial charge in [-0.2, -0.15) is 0 Å². The molecule has 2 aromatic heterocycles. The Labute approximate surface area is 232 Å². The highest BCUT2D eigenvalue weighted by atomic mass is 35.5. The third-order valence-corrected chi connectivity index (χ3v) is 7.39. The fourth-order valence-electron chi connectivity index (χ4n) is 5.09. The van der Waals surface area contributed by atoms with Gasteiger partial charge in [-0.3, -0.25) is 9.78 Å². The summed E-state index contributed by atoms with van der Waals surface area (Å²) in [6, 6.07) is 21.9. The second-order valence-electron chi connectivity index (χ2n) is 9.28. The maximum absolute atomic E-state index is 12.8. The summed E-state index contributed by atoms with van der Waals surface area (Å²) in [7, 11) is 0. The lowest BCUT2D eigenvalue weighted by Crippen LogP contribution is -2.32. The van der Waals surface area contributed by atoms with Crippen molar-refractivity contribution in [2.75, 3.05) is 11.9 Å².